The van der Waals surface area contributed by atoms with Crippen molar-refractivity contribution in [3.05, 3.63) is 40.4 Å². The molecule has 0 spiro atoms. The highest BCUT2D eigenvalue weighted by Gasteiger charge is 2.21. The van der Waals surface area contributed by atoms with Crippen molar-refractivity contribution in [1.82, 2.24) is 4.90 Å². The second-order valence-electron chi connectivity index (χ2n) is 4.46. The van der Waals surface area contributed by atoms with E-state index < -0.39 is 0 Å². The summed E-state index contributed by atoms with van der Waals surface area (Å²) in [5, 5.41) is 9.79. The molecule has 0 saturated carbocycles. The number of rotatable bonds is 3. The molecule has 1 amide bonds. The van der Waals surface area contributed by atoms with Crippen molar-refractivity contribution in [2.45, 2.75) is 6.42 Å². The second kappa shape index (κ2) is 6.08. The SMILES string of the molecule is COCC1=CCN(C(=O)c2cc(O)ccc2Cl)CC1. The van der Waals surface area contributed by atoms with Crippen LogP contribution in [-0.4, -0.2) is 42.7 Å². The molecule has 1 aromatic carbocycles. The largest absolute Gasteiger partial charge is 0.508 e. The fourth-order valence-electron chi connectivity index (χ4n) is 2.06. The smallest absolute Gasteiger partial charge is 0.255 e. The van der Waals surface area contributed by atoms with Gasteiger partial charge < -0.3 is 14.7 Å². The number of methoxy groups -OCH3 is 1. The number of phenolic OH excluding ortho intramolecular Hbond substituents is 1. The lowest BCUT2D eigenvalue weighted by Gasteiger charge is -2.26. The van der Waals surface area contributed by atoms with Gasteiger partial charge in [0.25, 0.3) is 5.91 Å². The molecular weight excluding hydrogens is 266 g/mol. The first-order chi connectivity index (χ1) is 9.11. The van der Waals surface area contributed by atoms with Gasteiger partial charge in [0.05, 0.1) is 17.2 Å². The van der Waals surface area contributed by atoms with Gasteiger partial charge in [0.2, 0.25) is 0 Å². The van der Waals surface area contributed by atoms with Gasteiger partial charge in [0.1, 0.15) is 5.75 Å². The van der Waals surface area contributed by atoms with Gasteiger partial charge in [-0.25, -0.2) is 0 Å². The van der Waals surface area contributed by atoms with Crippen LogP contribution in [0, 0.1) is 0 Å². The molecule has 5 heteroatoms. The summed E-state index contributed by atoms with van der Waals surface area (Å²) >= 11 is 5.99. The van der Waals surface area contributed by atoms with Crippen molar-refractivity contribution in [2.75, 3.05) is 26.8 Å². The Morgan fingerprint density at radius 1 is 1.53 bits per heavy atom. The lowest BCUT2D eigenvalue weighted by atomic mass is 10.1. The summed E-state index contributed by atoms with van der Waals surface area (Å²) in [4.78, 5) is 14.0. The Morgan fingerprint density at radius 2 is 2.32 bits per heavy atom. The number of amides is 1. The number of ether oxygens (including phenoxy) is 1. The fraction of sp³-hybridized carbons (Fsp3) is 0.357. The van der Waals surface area contributed by atoms with Crippen molar-refractivity contribution < 1.29 is 14.6 Å². The van der Waals surface area contributed by atoms with Gasteiger partial charge in [-0.2, -0.15) is 0 Å². The van der Waals surface area contributed by atoms with Crippen LogP contribution < -0.4 is 0 Å². The zero-order valence-electron chi connectivity index (χ0n) is 10.7. The van der Waals surface area contributed by atoms with Crippen LogP contribution in [-0.2, 0) is 4.74 Å². The minimum atomic E-state index is -0.159. The molecule has 0 aromatic heterocycles. The number of halogens is 1. The number of hydrogen-bond acceptors (Lipinski definition) is 3. The van der Waals surface area contributed by atoms with Gasteiger partial charge in [-0.15, -0.1) is 0 Å². The predicted molar refractivity (Wildman–Crippen MR) is 73.6 cm³/mol. The number of nitrogens with zero attached hydrogens (tertiary/aromatic N) is 1. The third-order valence-corrected chi connectivity index (χ3v) is 3.43. The minimum absolute atomic E-state index is 0.0420. The molecule has 2 rings (SSSR count). The van der Waals surface area contributed by atoms with E-state index in [2.05, 4.69) is 0 Å². The summed E-state index contributed by atoms with van der Waals surface area (Å²) in [6.45, 7) is 1.79. The van der Waals surface area contributed by atoms with Crippen molar-refractivity contribution in [2.24, 2.45) is 0 Å². The average Bonchev–Trinajstić information content (AvgIpc) is 2.42. The lowest BCUT2D eigenvalue weighted by molar-refractivity contribution is 0.0764. The normalized spacial score (nSPS) is 15.3. The van der Waals surface area contributed by atoms with E-state index in [1.807, 2.05) is 6.08 Å². The Bertz CT molecular complexity index is 513. The molecule has 0 fully saturated rings. The van der Waals surface area contributed by atoms with E-state index in [1.165, 1.54) is 23.8 Å². The second-order valence-corrected chi connectivity index (χ2v) is 4.87. The molecule has 1 heterocycles. The molecule has 1 aromatic rings. The Morgan fingerprint density at radius 3 is 2.95 bits per heavy atom. The molecule has 0 saturated heterocycles. The number of hydrogen-bond donors (Lipinski definition) is 1. The monoisotopic (exact) mass is 281 g/mol. The number of phenols is 1. The molecular formula is C14H16ClNO3. The van der Waals surface area contributed by atoms with E-state index in [0.29, 0.717) is 30.3 Å². The summed E-state index contributed by atoms with van der Waals surface area (Å²) in [5.74, 6) is -0.117. The summed E-state index contributed by atoms with van der Waals surface area (Å²) in [7, 11) is 1.66. The van der Waals surface area contributed by atoms with Crippen molar-refractivity contribution >= 4 is 17.5 Å². The van der Waals surface area contributed by atoms with Gasteiger partial charge in [0, 0.05) is 20.2 Å². The zero-order valence-corrected chi connectivity index (χ0v) is 11.5. The van der Waals surface area contributed by atoms with Crippen LogP contribution >= 0.6 is 11.6 Å². The van der Waals surface area contributed by atoms with Crippen molar-refractivity contribution in [1.29, 1.82) is 0 Å². The van der Waals surface area contributed by atoms with E-state index in [0.717, 1.165) is 6.42 Å². The van der Waals surface area contributed by atoms with Crippen LogP contribution in [0.3, 0.4) is 0 Å². The van der Waals surface area contributed by atoms with Gasteiger partial charge in [-0.3, -0.25) is 4.79 Å². The molecule has 0 unspecified atom stereocenters. The lowest BCUT2D eigenvalue weighted by Crippen LogP contribution is -2.35. The Hall–Kier alpha value is -1.52. The van der Waals surface area contributed by atoms with E-state index in [1.54, 1.807) is 12.0 Å². The number of carbonyl (C=O) groups is 1. The summed E-state index contributed by atoms with van der Waals surface area (Å²) in [6, 6.07) is 4.39. The maximum absolute atomic E-state index is 12.3. The van der Waals surface area contributed by atoms with Crippen LogP contribution in [0.5, 0.6) is 5.75 Å². The first-order valence-electron chi connectivity index (χ1n) is 6.06. The Balaban J connectivity index is 2.11. The van der Waals surface area contributed by atoms with Crippen LogP contribution in [0.4, 0.5) is 0 Å². The quantitative estimate of drug-likeness (QED) is 0.866. The van der Waals surface area contributed by atoms with E-state index in [9.17, 15) is 9.90 Å². The highest BCUT2D eigenvalue weighted by Crippen LogP contribution is 2.24. The minimum Gasteiger partial charge on any atom is -0.508 e. The molecule has 1 aliphatic heterocycles. The van der Waals surface area contributed by atoms with Gasteiger partial charge in [0.15, 0.2) is 0 Å². The Labute approximate surface area is 117 Å². The van der Waals surface area contributed by atoms with E-state index >= 15 is 0 Å². The number of benzene rings is 1. The molecule has 0 aliphatic carbocycles. The van der Waals surface area contributed by atoms with Gasteiger partial charge in [-0.1, -0.05) is 17.7 Å². The molecule has 1 N–H and O–H groups in total. The van der Waals surface area contributed by atoms with E-state index in [-0.39, 0.29) is 11.7 Å². The summed E-state index contributed by atoms with van der Waals surface area (Å²) < 4.78 is 5.07. The molecule has 4 nitrogen and oxygen atoms in total. The maximum atomic E-state index is 12.3. The predicted octanol–water partition coefficient (Wildman–Crippen LogP) is 2.46. The maximum Gasteiger partial charge on any atom is 0.255 e. The first-order valence-corrected chi connectivity index (χ1v) is 6.44. The number of aromatic hydroxyl groups is 1. The molecule has 0 atom stereocenters. The highest BCUT2D eigenvalue weighted by molar-refractivity contribution is 6.33. The fourth-order valence-corrected chi connectivity index (χ4v) is 2.26. The topological polar surface area (TPSA) is 49.8 Å². The van der Waals surface area contributed by atoms with Crippen LogP contribution in [0.2, 0.25) is 5.02 Å². The third-order valence-electron chi connectivity index (χ3n) is 3.10. The summed E-state index contributed by atoms with van der Waals surface area (Å²) in [5.41, 5.74) is 1.54. The van der Waals surface area contributed by atoms with Gasteiger partial charge >= 0.3 is 0 Å². The van der Waals surface area contributed by atoms with Crippen LogP contribution in [0.15, 0.2) is 29.8 Å². The standard InChI is InChI=1S/C14H16ClNO3/c1-19-9-10-4-6-16(7-5-10)14(18)12-8-11(17)2-3-13(12)15/h2-4,8,17H,5-7,9H2,1H3. The zero-order chi connectivity index (χ0) is 13.8. The van der Waals surface area contributed by atoms with E-state index in [4.69, 9.17) is 16.3 Å². The van der Waals surface area contributed by atoms with Gasteiger partial charge in [-0.05, 0) is 30.2 Å². The van der Waals surface area contributed by atoms with Crippen molar-refractivity contribution in [3.8, 4) is 5.75 Å². The van der Waals surface area contributed by atoms with Crippen LogP contribution in [0.25, 0.3) is 0 Å². The van der Waals surface area contributed by atoms with Crippen LogP contribution in [0.1, 0.15) is 16.8 Å². The average molecular weight is 282 g/mol. The third kappa shape index (κ3) is 3.28. The highest BCUT2D eigenvalue weighted by atomic mass is 35.5. The first kappa shape index (κ1) is 13.9. The molecule has 0 radical (unpaired) electrons. The number of carbonyl (C=O) groups excluding carboxylic acids is 1. The van der Waals surface area contributed by atoms with Crippen molar-refractivity contribution in [3.63, 3.8) is 0 Å². The Kier molecular flexibility index (Phi) is 4.45. The molecule has 1 aliphatic rings. The summed E-state index contributed by atoms with van der Waals surface area (Å²) in [6.07, 6.45) is 2.80. The molecule has 19 heavy (non-hydrogen) atoms. The molecule has 102 valence electrons. The molecule has 0 bridgehead atoms.